The molecule has 1 saturated carbocycles. The number of benzene rings is 4. The maximum Gasteiger partial charge on any atom is 0.387 e. The standard InChI is InChI=1S/C50H66O10P2/c1-47(2,3)39-25-31(51-13)21-35-36-22-32(52-14)26-40(48(4,5)6)44(36)58-61(57-43(35)39)55-29-18-17-19-30(20-29)56-62-59-45-37(23-33(53-15)27-41(45)49(7,8)9)38-24-34(54-16)28-42(46(38)60-62)50(10,11)12/h21-30H,17-20H2,1-16H3/t29-,30-/m1/s1. The summed E-state index contributed by atoms with van der Waals surface area (Å²) in [6.07, 6.45) is 2.68. The van der Waals surface area contributed by atoms with Crippen LogP contribution in [0.15, 0.2) is 65.3 Å². The Balaban J connectivity index is 1.37. The van der Waals surface area contributed by atoms with E-state index in [1.165, 1.54) is 0 Å². The molecule has 7 rings (SSSR count). The minimum Gasteiger partial charge on any atom is -0.497 e. The van der Waals surface area contributed by atoms with E-state index < -0.39 is 16.5 Å². The van der Waals surface area contributed by atoms with Gasteiger partial charge in [-0.3, -0.25) is 9.05 Å². The van der Waals surface area contributed by atoms with Gasteiger partial charge < -0.3 is 35.7 Å². The van der Waals surface area contributed by atoms with Crippen molar-refractivity contribution >= 4 is 60.4 Å². The molecule has 6 aromatic rings. The summed E-state index contributed by atoms with van der Waals surface area (Å²) < 4.78 is 65.3. The first-order valence-corrected chi connectivity index (χ1v) is 23.8. The van der Waals surface area contributed by atoms with Gasteiger partial charge in [-0.05, 0) is 89.5 Å². The van der Waals surface area contributed by atoms with E-state index in [-0.39, 0.29) is 33.9 Å². The summed E-state index contributed by atoms with van der Waals surface area (Å²) in [5, 5.41) is 3.49. The highest BCUT2D eigenvalue weighted by Crippen LogP contribution is 2.48. The molecule has 62 heavy (non-hydrogen) atoms. The molecule has 2 heterocycles. The summed E-state index contributed by atoms with van der Waals surface area (Å²) in [6, 6.07) is 16.3. The lowest BCUT2D eigenvalue weighted by Crippen LogP contribution is -2.30. The summed E-state index contributed by atoms with van der Waals surface area (Å²) in [5.41, 5.74) is 5.73. The van der Waals surface area contributed by atoms with Crippen LogP contribution < -0.4 is 28.0 Å². The van der Waals surface area contributed by atoms with Gasteiger partial charge in [0.2, 0.25) is 0 Å². The number of rotatable bonds is 8. The molecule has 0 spiro atoms. The fourth-order valence-electron chi connectivity index (χ4n) is 8.26. The van der Waals surface area contributed by atoms with Crippen LogP contribution in [0.5, 0.6) is 23.0 Å². The lowest BCUT2D eigenvalue weighted by atomic mass is 9.84. The van der Waals surface area contributed by atoms with E-state index >= 15 is 0 Å². The smallest absolute Gasteiger partial charge is 0.387 e. The van der Waals surface area contributed by atoms with E-state index in [0.29, 0.717) is 6.42 Å². The van der Waals surface area contributed by atoms with Gasteiger partial charge in [0.1, 0.15) is 45.3 Å². The van der Waals surface area contributed by atoms with E-state index in [9.17, 15) is 0 Å². The van der Waals surface area contributed by atoms with Crippen molar-refractivity contribution in [3.63, 3.8) is 0 Å². The van der Waals surface area contributed by atoms with Gasteiger partial charge in [-0.1, -0.05) is 83.1 Å². The van der Waals surface area contributed by atoms with Crippen molar-refractivity contribution in [2.75, 3.05) is 28.4 Å². The van der Waals surface area contributed by atoms with Crippen molar-refractivity contribution in [3.8, 4) is 23.0 Å². The molecule has 12 heteroatoms. The van der Waals surface area contributed by atoms with E-state index in [0.717, 1.165) is 108 Å². The van der Waals surface area contributed by atoms with Crippen molar-refractivity contribution in [3.05, 3.63) is 70.8 Å². The first kappa shape index (κ1) is 45.8. The molecule has 0 amide bonds. The van der Waals surface area contributed by atoms with Gasteiger partial charge in [0, 0.05) is 50.2 Å². The Morgan fingerprint density at radius 2 is 0.645 bits per heavy atom. The molecular formula is C50H66O10P2. The Morgan fingerprint density at radius 3 is 0.855 bits per heavy atom. The number of methoxy groups -OCH3 is 4. The molecule has 336 valence electrons. The predicted octanol–water partition coefficient (Wildman–Crippen LogP) is 15.0. The summed E-state index contributed by atoms with van der Waals surface area (Å²) in [7, 11) is 2.92. The minimum absolute atomic E-state index is 0.220. The maximum absolute atomic E-state index is 6.99. The van der Waals surface area contributed by atoms with Crippen LogP contribution in [0, 0.1) is 0 Å². The van der Waals surface area contributed by atoms with Crippen LogP contribution in [0.1, 0.15) is 131 Å². The Bertz CT molecular complexity index is 2350. The molecule has 0 N–H and O–H groups in total. The van der Waals surface area contributed by atoms with Gasteiger partial charge >= 0.3 is 16.5 Å². The van der Waals surface area contributed by atoms with E-state index in [2.05, 4.69) is 107 Å². The fourth-order valence-corrected chi connectivity index (χ4v) is 10.8. The zero-order chi connectivity index (χ0) is 45.1. The normalized spacial score (nSPS) is 16.6. The van der Waals surface area contributed by atoms with Crippen LogP contribution >= 0.6 is 16.5 Å². The lowest BCUT2D eigenvalue weighted by Gasteiger charge is -2.27. The van der Waals surface area contributed by atoms with Crippen LogP contribution in [-0.2, 0) is 21.7 Å². The zero-order valence-electron chi connectivity index (χ0n) is 39.6. The number of fused-ring (bicyclic) bond motifs is 6. The van der Waals surface area contributed by atoms with Crippen molar-refractivity contribution < 1.29 is 44.8 Å². The lowest BCUT2D eigenvalue weighted by molar-refractivity contribution is 0.113. The molecule has 0 bridgehead atoms. The number of hydrogen-bond donors (Lipinski definition) is 0. The molecule has 1 fully saturated rings. The van der Waals surface area contributed by atoms with Gasteiger partial charge in [-0.2, -0.15) is 0 Å². The molecule has 10 nitrogen and oxygen atoms in total. The molecule has 2 atom stereocenters. The van der Waals surface area contributed by atoms with Crippen LogP contribution in [-0.4, -0.2) is 40.6 Å². The third-order valence-corrected chi connectivity index (χ3v) is 14.0. The summed E-state index contributed by atoms with van der Waals surface area (Å²) >= 11 is 0. The highest BCUT2D eigenvalue weighted by atomic mass is 31.1. The summed E-state index contributed by atoms with van der Waals surface area (Å²) in [6.45, 7) is 26.1. The van der Waals surface area contributed by atoms with Crippen LogP contribution in [0.3, 0.4) is 0 Å². The van der Waals surface area contributed by atoms with Crippen LogP contribution in [0.2, 0.25) is 0 Å². The van der Waals surface area contributed by atoms with Crippen molar-refractivity contribution in [2.24, 2.45) is 0 Å². The third-order valence-electron chi connectivity index (χ3n) is 11.7. The van der Waals surface area contributed by atoms with E-state index in [1.807, 2.05) is 24.3 Å². The van der Waals surface area contributed by atoms with E-state index in [1.54, 1.807) is 28.4 Å². The Labute approximate surface area is 368 Å². The average molecular weight is 889 g/mol. The maximum atomic E-state index is 6.99. The largest absolute Gasteiger partial charge is 0.497 e. The van der Waals surface area contributed by atoms with Gasteiger partial charge in [-0.15, -0.1) is 0 Å². The minimum atomic E-state index is -1.92. The topological polar surface area (TPSA) is 108 Å². The molecule has 0 unspecified atom stereocenters. The fraction of sp³-hybridized carbons (Fsp3) is 0.520. The first-order chi connectivity index (χ1) is 29.0. The predicted molar refractivity (Wildman–Crippen MR) is 253 cm³/mol. The second-order valence-corrected chi connectivity index (χ2v) is 22.7. The second-order valence-electron chi connectivity index (χ2n) is 20.6. The van der Waals surface area contributed by atoms with Crippen molar-refractivity contribution in [2.45, 2.75) is 143 Å². The molecule has 1 aliphatic carbocycles. The highest BCUT2D eigenvalue weighted by Gasteiger charge is 2.32. The summed E-state index contributed by atoms with van der Waals surface area (Å²) in [4.78, 5) is 0. The molecule has 0 saturated heterocycles. The third kappa shape index (κ3) is 9.36. The van der Waals surface area contributed by atoms with E-state index in [4.69, 9.17) is 44.8 Å². The molecule has 0 radical (unpaired) electrons. The number of ether oxygens (including phenoxy) is 4. The monoisotopic (exact) mass is 888 g/mol. The molecule has 2 aromatic heterocycles. The Kier molecular flexibility index (Phi) is 12.6. The Hall–Kier alpha value is -4.20. The average Bonchev–Trinajstić information content (AvgIpc) is 3.44. The molecule has 4 aromatic carbocycles. The van der Waals surface area contributed by atoms with Gasteiger partial charge in [0.25, 0.3) is 0 Å². The highest BCUT2D eigenvalue weighted by molar-refractivity contribution is 7.32. The van der Waals surface area contributed by atoms with Gasteiger partial charge in [-0.25, -0.2) is 0 Å². The molecule has 0 aliphatic heterocycles. The molecule has 1 aliphatic rings. The van der Waals surface area contributed by atoms with Gasteiger partial charge in [0.05, 0.1) is 40.6 Å². The first-order valence-electron chi connectivity index (χ1n) is 21.6. The summed E-state index contributed by atoms with van der Waals surface area (Å²) in [5.74, 6) is 2.95. The van der Waals surface area contributed by atoms with Crippen LogP contribution in [0.4, 0.5) is 0 Å². The Morgan fingerprint density at radius 1 is 0.403 bits per heavy atom. The quantitative estimate of drug-likeness (QED) is 0.147. The van der Waals surface area contributed by atoms with Crippen LogP contribution in [0.25, 0.3) is 43.9 Å². The van der Waals surface area contributed by atoms with Gasteiger partial charge in [0.15, 0.2) is 0 Å². The van der Waals surface area contributed by atoms with Crippen molar-refractivity contribution in [1.29, 1.82) is 0 Å². The second kappa shape index (κ2) is 17.1. The zero-order valence-corrected chi connectivity index (χ0v) is 41.4. The SMILES string of the molecule is COc1cc(C(C)(C)C)c2op(O[C@@H]3CCC[C@@H](Op4oc5c(C(C)(C)C)cc(OC)cc5c5cc(OC)cc(C(C)(C)C)c5o4)C3)oc3c(C(C)(C)C)cc(OC)cc3c2c1. The number of hydrogen-bond acceptors (Lipinski definition) is 10. The molecular weight excluding hydrogens is 822 g/mol. The van der Waals surface area contributed by atoms with Crippen molar-refractivity contribution in [1.82, 2.24) is 0 Å².